The Bertz CT molecular complexity index is 494. The minimum Gasteiger partial charge on any atom is -0.478 e. The van der Waals surface area contributed by atoms with Crippen molar-refractivity contribution in [1.82, 2.24) is 0 Å². The second-order valence-corrected chi connectivity index (χ2v) is 5.30. The minimum atomic E-state index is -0.924. The molecule has 0 aliphatic heterocycles. The minimum absolute atomic E-state index is 0.0331. The molecule has 0 aromatic rings. The molecule has 0 aromatic carbocycles. The Balaban J connectivity index is 2.30. The number of carboxylic acid groups (broad SMARTS) is 1. The van der Waals surface area contributed by atoms with Gasteiger partial charge in [-0.05, 0) is 45.1 Å². The molecular weight excluding hydrogens is 228 g/mol. The zero-order valence-corrected chi connectivity index (χ0v) is 10.8. The summed E-state index contributed by atoms with van der Waals surface area (Å²) in [7, 11) is 0. The number of ketones is 1. The molecule has 0 saturated heterocycles. The van der Waals surface area contributed by atoms with Gasteiger partial charge in [-0.1, -0.05) is 17.7 Å². The van der Waals surface area contributed by atoms with Crippen molar-refractivity contribution >= 4 is 11.8 Å². The van der Waals surface area contributed by atoms with E-state index < -0.39 is 5.97 Å². The van der Waals surface area contributed by atoms with Crippen LogP contribution in [0.1, 0.15) is 33.1 Å². The van der Waals surface area contributed by atoms with Crippen molar-refractivity contribution in [3.8, 4) is 0 Å². The zero-order chi connectivity index (χ0) is 13.4. The molecule has 2 rings (SSSR count). The van der Waals surface area contributed by atoms with Gasteiger partial charge in [0.05, 0.1) is 0 Å². The summed E-state index contributed by atoms with van der Waals surface area (Å²) in [4.78, 5) is 23.0. The van der Waals surface area contributed by atoms with E-state index in [1.165, 1.54) is 0 Å². The normalized spacial score (nSPS) is 27.7. The van der Waals surface area contributed by atoms with Crippen molar-refractivity contribution in [2.24, 2.45) is 11.8 Å². The van der Waals surface area contributed by atoms with Gasteiger partial charge in [0, 0.05) is 17.1 Å². The fraction of sp³-hybridized carbons (Fsp3) is 0.467. The van der Waals surface area contributed by atoms with E-state index in [4.69, 9.17) is 5.11 Å². The Morgan fingerprint density at radius 1 is 1.44 bits per heavy atom. The Hall–Kier alpha value is -1.64. The lowest BCUT2D eigenvalue weighted by Crippen LogP contribution is -2.15. The monoisotopic (exact) mass is 246 g/mol. The van der Waals surface area contributed by atoms with Crippen LogP contribution in [0.4, 0.5) is 0 Å². The van der Waals surface area contributed by atoms with E-state index in [0.717, 1.165) is 29.6 Å². The summed E-state index contributed by atoms with van der Waals surface area (Å²) in [6.07, 6.45) is 3.95. The maximum Gasteiger partial charge on any atom is 0.331 e. The largest absolute Gasteiger partial charge is 0.478 e. The molecule has 3 heteroatoms. The lowest BCUT2D eigenvalue weighted by atomic mass is 9.84. The first kappa shape index (κ1) is 12.8. The second kappa shape index (κ2) is 4.56. The van der Waals surface area contributed by atoms with Crippen molar-refractivity contribution in [2.75, 3.05) is 0 Å². The summed E-state index contributed by atoms with van der Waals surface area (Å²) in [6.45, 7) is 7.62. The summed E-state index contributed by atoms with van der Waals surface area (Å²) in [5, 5.41) is 9.06. The van der Waals surface area contributed by atoms with Gasteiger partial charge in [-0.2, -0.15) is 0 Å². The lowest BCUT2D eigenvalue weighted by Gasteiger charge is -2.19. The van der Waals surface area contributed by atoms with Crippen molar-refractivity contribution in [1.29, 1.82) is 0 Å². The quantitative estimate of drug-likeness (QED) is 0.762. The third-order valence-electron chi connectivity index (χ3n) is 4.14. The van der Waals surface area contributed by atoms with Gasteiger partial charge in [-0.25, -0.2) is 4.79 Å². The van der Waals surface area contributed by atoms with E-state index >= 15 is 0 Å². The van der Waals surface area contributed by atoms with Crippen molar-refractivity contribution in [3.63, 3.8) is 0 Å². The predicted molar refractivity (Wildman–Crippen MR) is 69.1 cm³/mol. The highest BCUT2D eigenvalue weighted by Gasteiger charge is 2.35. The molecule has 2 unspecified atom stereocenters. The molecule has 0 radical (unpaired) electrons. The molecule has 0 heterocycles. The zero-order valence-electron chi connectivity index (χ0n) is 10.8. The molecule has 0 amide bonds. The Morgan fingerprint density at radius 3 is 2.72 bits per heavy atom. The van der Waals surface area contributed by atoms with Crippen LogP contribution < -0.4 is 0 Å². The number of rotatable bonds is 2. The van der Waals surface area contributed by atoms with Crippen LogP contribution in [0.3, 0.4) is 0 Å². The van der Waals surface area contributed by atoms with Crippen molar-refractivity contribution in [3.05, 3.63) is 34.9 Å². The number of carbonyl (C=O) groups excluding carboxylic acids is 1. The van der Waals surface area contributed by atoms with Crippen LogP contribution in [0.15, 0.2) is 34.9 Å². The second-order valence-electron chi connectivity index (χ2n) is 5.30. The number of carboxylic acids is 1. The van der Waals surface area contributed by atoms with Crippen LogP contribution in [-0.2, 0) is 9.59 Å². The summed E-state index contributed by atoms with van der Waals surface area (Å²) < 4.78 is 0. The van der Waals surface area contributed by atoms with Crippen LogP contribution in [0.25, 0.3) is 0 Å². The predicted octanol–water partition coefficient (Wildman–Crippen LogP) is 2.89. The smallest absolute Gasteiger partial charge is 0.331 e. The Morgan fingerprint density at radius 2 is 2.11 bits per heavy atom. The first-order chi connectivity index (χ1) is 8.41. The fourth-order valence-electron chi connectivity index (χ4n) is 3.01. The molecule has 2 aliphatic carbocycles. The average molecular weight is 246 g/mol. The first-order valence-electron chi connectivity index (χ1n) is 6.26. The van der Waals surface area contributed by atoms with Gasteiger partial charge in [-0.3, -0.25) is 4.79 Å². The van der Waals surface area contributed by atoms with Crippen molar-refractivity contribution < 1.29 is 14.7 Å². The van der Waals surface area contributed by atoms with E-state index in [-0.39, 0.29) is 23.2 Å². The maximum absolute atomic E-state index is 11.9. The number of allylic oxidation sites excluding steroid dienone is 4. The number of hydrogen-bond donors (Lipinski definition) is 1. The molecule has 0 fully saturated rings. The highest BCUT2D eigenvalue weighted by molar-refractivity contribution is 6.08. The molecule has 2 atom stereocenters. The van der Waals surface area contributed by atoms with Gasteiger partial charge < -0.3 is 5.11 Å². The standard InChI is InChI=1S/C15H18O3/c1-8-4-5-11(10(3)15(17)18)7-12-9(2)6-13(16)14(8)12/h6,11-12H,3-5,7H2,1-2H3,(H,17,18). The van der Waals surface area contributed by atoms with E-state index in [2.05, 4.69) is 6.58 Å². The third-order valence-corrected chi connectivity index (χ3v) is 4.14. The Labute approximate surface area is 107 Å². The lowest BCUT2D eigenvalue weighted by molar-refractivity contribution is -0.133. The number of aliphatic carboxylic acids is 1. The molecule has 96 valence electrons. The highest BCUT2D eigenvalue weighted by Crippen LogP contribution is 2.42. The van der Waals surface area contributed by atoms with Crippen molar-refractivity contribution in [2.45, 2.75) is 33.1 Å². The SMILES string of the molecule is C=C(C(=O)O)C1CCC(C)=C2C(=O)C=C(C)C2C1. The van der Waals surface area contributed by atoms with Crippen LogP contribution in [-0.4, -0.2) is 16.9 Å². The first-order valence-corrected chi connectivity index (χ1v) is 6.26. The molecule has 18 heavy (non-hydrogen) atoms. The van der Waals surface area contributed by atoms with E-state index in [0.29, 0.717) is 6.42 Å². The fourth-order valence-corrected chi connectivity index (χ4v) is 3.01. The van der Waals surface area contributed by atoms with Gasteiger partial charge in [0.2, 0.25) is 0 Å². The van der Waals surface area contributed by atoms with Crippen LogP contribution in [0, 0.1) is 11.8 Å². The maximum atomic E-state index is 11.9. The Kier molecular flexibility index (Phi) is 3.24. The van der Waals surface area contributed by atoms with E-state index in [9.17, 15) is 9.59 Å². The molecule has 2 aliphatic rings. The molecule has 0 bridgehead atoms. The molecule has 0 spiro atoms. The summed E-state index contributed by atoms with van der Waals surface area (Å²) in [5.74, 6) is -0.751. The number of carbonyl (C=O) groups is 2. The van der Waals surface area contributed by atoms with E-state index in [1.807, 2.05) is 13.8 Å². The molecule has 1 N–H and O–H groups in total. The average Bonchev–Trinajstić information content (AvgIpc) is 2.48. The number of fused-ring (bicyclic) bond motifs is 1. The summed E-state index contributed by atoms with van der Waals surface area (Å²) in [5.41, 5.74) is 3.34. The van der Waals surface area contributed by atoms with Gasteiger partial charge >= 0.3 is 5.97 Å². The van der Waals surface area contributed by atoms with Gasteiger partial charge in [0.25, 0.3) is 0 Å². The summed E-state index contributed by atoms with van der Waals surface area (Å²) in [6, 6.07) is 0. The van der Waals surface area contributed by atoms with Gasteiger partial charge in [0.1, 0.15) is 0 Å². The summed E-state index contributed by atoms with van der Waals surface area (Å²) >= 11 is 0. The van der Waals surface area contributed by atoms with Gasteiger partial charge in [0.15, 0.2) is 5.78 Å². The molecule has 0 aromatic heterocycles. The van der Waals surface area contributed by atoms with Crippen LogP contribution in [0.2, 0.25) is 0 Å². The van der Waals surface area contributed by atoms with Crippen LogP contribution >= 0.6 is 0 Å². The van der Waals surface area contributed by atoms with E-state index in [1.54, 1.807) is 6.08 Å². The molecule has 3 nitrogen and oxygen atoms in total. The third kappa shape index (κ3) is 2.05. The molecule has 0 saturated carbocycles. The topological polar surface area (TPSA) is 54.4 Å². The van der Waals surface area contributed by atoms with Gasteiger partial charge in [-0.15, -0.1) is 0 Å². The highest BCUT2D eigenvalue weighted by atomic mass is 16.4. The number of hydrogen-bond acceptors (Lipinski definition) is 2. The van der Waals surface area contributed by atoms with Crippen LogP contribution in [0.5, 0.6) is 0 Å². The molecular formula is C15H18O3.